The van der Waals surface area contributed by atoms with Gasteiger partial charge in [-0.1, -0.05) is 47.5 Å². The molecule has 0 bridgehead atoms. The fraction of sp³-hybridized carbons (Fsp3) is 0.182. The highest BCUT2D eigenvalue weighted by Crippen LogP contribution is 2.36. The topological polar surface area (TPSA) is 3.24 Å². The second-order valence-corrected chi connectivity index (χ2v) is 6.30. The summed E-state index contributed by atoms with van der Waals surface area (Å²) >= 11 is 0. The predicted octanol–water partition coefficient (Wildman–Crippen LogP) is 6.39. The van der Waals surface area contributed by atoms with E-state index >= 15 is 0 Å². The van der Waals surface area contributed by atoms with E-state index in [4.69, 9.17) is 0 Å². The molecule has 0 amide bonds. The molecule has 0 heterocycles. The SMILES string of the molecule is Cc1ccc(N(c2cccc(C)c2)c2ccc(C)cc2C)cc1. The van der Waals surface area contributed by atoms with Gasteiger partial charge in [0.1, 0.15) is 0 Å². The number of nitrogens with zero attached hydrogens (tertiary/aromatic N) is 1. The molecular formula is C22H23N. The van der Waals surface area contributed by atoms with E-state index in [9.17, 15) is 0 Å². The molecule has 0 atom stereocenters. The molecule has 0 spiro atoms. The van der Waals surface area contributed by atoms with Crippen LogP contribution in [0.3, 0.4) is 0 Å². The number of hydrogen-bond acceptors (Lipinski definition) is 1. The standard InChI is InChI=1S/C22H23N/c1-16-8-11-20(12-9-16)23(21-7-5-6-17(2)15-21)22-13-10-18(3)14-19(22)4/h5-15H,1-4H3. The molecule has 0 saturated heterocycles. The highest BCUT2D eigenvalue weighted by atomic mass is 15.1. The molecule has 116 valence electrons. The lowest BCUT2D eigenvalue weighted by Gasteiger charge is -2.27. The maximum absolute atomic E-state index is 2.33. The molecule has 0 aliphatic carbocycles. The first-order chi connectivity index (χ1) is 11.0. The molecule has 3 aromatic rings. The van der Waals surface area contributed by atoms with Crippen molar-refractivity contribution in [1.82, 2.24) is 0 Å². The van der Waals surface area contributed by atoms with Crippen LogP contribution in [0.25, 0.3) is 0 Å². The van der Waals surface area contributed by atoms with E-state index in [1.807, 2.05) is 0 Å². The van der Waals surface area contributed by atoms with Gasteiger partial charge in [-0.15, -0.1) is 0 Å². The van der Waals surface area contributed by atoms with Gasteiger partial charge in [0.05, 0.1) is 0 Å². The van der Waals surface area contributed by atoms with Gasteiger partial charge in [-0.3, -0.25) is 0 Å². The third-order valence-corrected chi connectivity index (χ3v) is 4.15. The Morgan fingerprint density at radius 3 is 1.87 bits per heavy atom. The molecule has 0 fully saturated rings. The van der Waals surface area contributed by atoms with Crippen LogP contribution in [0, 0.1) is 27.7 Å². The molecule has 23 heavy (non-hydrogen) atoms. The predicted molar refractivity (Wildman–Crippen MR) is 100 cm³/mol. The Morgan fingerprint density at radius 1 is 0.565 bits per heavy atom. The van der Waals surface area contributed by atoms with Crippen molar-refractivity contribution in [2.45, 2.75) is 27.7 Å². The van der Waals surface area contributed by atoms with Crippen LogP contribution in [0.4, 0.5) is 17.1 Å². The summed E-state index contributed by atoms with van der Waals surface area (Å²) in [4.78, 5) is 2.33. The van der Waals surface area contributed by atoms with Crippen molar-refractivity contribution in [3.8, 4) is 0 Å². The summed E-state index contributed by atoms with van der Waals surface area (Å²) < 4.78 is 0. The minimum absolute atomic E-state index is 1.19. The Balaban J connectivity index is 2.19. The van der Waals surface area contributed by atoms with E-state index in [-0.39, 0.29) is 0 Å². The zero-order valence-corrected chi connectivity index (χ0v) is 14.3. The first-order valence-corrected chi connectivity index (χ1v) is 8.05. The van der Waals surface area contributed by atoms with E-state index < -0.39 is 0 Å². The first-order valence-electron chi connectivity index (χ1n) is 8.05. The maximum atomic E-state index is 2.33. The molecule has 3 aromatic carbocycles. The van der Waals surface area contributed by atoms with Crippen molar-refractivity contribution in [2.75, 3.05) is 4.90 Å². The highest BCUT2D eigenvalue weighted by Gasteiger charge is 2.14. The Bertz CT molecular complexity index is 816. The molecule has 1 heteroatoms. The van der Waals surface area contributed by atoms with Gasteiger partial charge in [-0.25, -0.2) is 0 Å². The van der Waals surface area contributed by atoms with Gasteiger partial charge in [-0.05, 0) is 69.2 Å². The van der Waals surface area contributed by atoms with Gasteiger partial charge in [0, 0.05) is 17.1 Å². The highest BCUT2D eigenvalue weighted by molar-refractivity contribution is 5.78. The fourth-order valence-corrected chi connectivity index (χ4v) is 2.94. The monoisotopic (exact) mass is 301 g/mol. The van der Waals surface area contributed by atoms with Crippen LogP contribution >= 0.6 is 0 Å². The normalized spacial score (nSPS) is 10.6. The zero-order valence-electron chi connectivity index (χ0n) is 14.3. The summed E-state index contributed by atoms with van der Waals surface area (Å²) in [6, 6.07) is 24.0. The molecule has 0 unspecified atom stereocenters. The number of anilines is 3. The van der Waals surface area contributed by atoms with Crippen molar-refractivity contribution < 1.29 is 0 Å². The van der Waals surface area contributed by atoms with Gasteiger partial charge in [0.15, 0.2) is 0 Å². The average molecular weight is 301 g/mol. The largest absolute Gasteiger partial charge is 0.310 e. The molecule has 0 saturated carbocycles. The van der Waals surface area contributed by atoms with Crippen molar-refractivity contribution in [3.05, 3.63) is 89.0 Å². The summed E-state index contributed by atoms with van der Waals surface area (Å²) in [5.41, 5.74) is 8.73. The van der Waals surface area contributed by atoms with Crippen molar-refractivity contribution >= 4 is 17.1 Å². The van der Waals surface area contributed by atoms with Gasteiger partial charge >= 0.3 is 0 Å². The number of hydrogen-bond donors (Lipinski definition) is 0. The Labute approximate surface area is 139 Å². The molecular weight excluding hydrogens is 278 g/mol. The Morgan fingerprint density at radius 2 is 1.22 bits per heavy atom. The molecule has 0 radical (unpaired) electrons. The minimum atomic E-state index is 1.19. The summed E-state index contributed by atoms with van der Waals surface area (Å²) in [6.45, 7) is 8.58. The molecule has 0 aliphatic rings. The van der Waals surface area contributed by atoms with Crippen LogP contribution < -0.4 is 4.90 Å². The summed E-state index contributed by atoms with van der Waals surface area (Å²) in [7, 11) is 0. The summed E-state index contributed by atoms with van der Waals surface area (Å²) in [5.74, 6) is 0. The van der Waals surface area contributed by atoms with E-state index in [0.29, 0.717) is 0 Å². The van der Waals surface area contributed by atoms with Crippen LogP contribution in [-0.4, -0.2) is 0 Å². The second-order valence-electron chi connectivity index (χ2n) is 6.30. The number of benzene rings is 3. The van der Waals surface area contributed by atoms with Crippen molar-refractivity contribution in [1.29, 1.82) is 0 Å². The molecule has 0 aliphatic heterocycles. The zero-order chi connectivity index (χ0) is 16.4. The number of rotatable bonds is 3. The van der Waals surface area contributed by atoms with Gasteiger partial charge in [-0.2, -0.15) is 0 Å². The minimum Gasteiger partial charge on any atom is -0.310 e. The number of aryl methyl sites for hydroxylation is 4. The molecule has 0 aromatic heterocycles. The smallest absolute Gasteiger partial charge is 0.0490 e. The maximum Gasteiger partial charge on any atom is 0.0490 e. The average Bonchev–Trinajstić information content (AvgIpc) is 2.51. The molecule has 1 nitrogen and oxygen atoms in total. The lowest BCUT2D eigenvalue weighted by atomic mass is 10.1. The van der Waals surface area contributed by atoms with E-state index in [1.165, 1.54) is 39.3 Å². The van der Waals surface area contributed by atoms with Crippen molar-refractivity contribution in [2.24, 2.45) is 0 Å². The van der Waals surface area contributed by atoms with Crippen LogP contribution in [0.15, 0.2) is 66.7 Å². The van der Waals surface area contributed by atoms with Crippen LogP contribution in [-0.2, 0) is 0 Å². The summed E-state index contributed by atoms with van der Waals surface area (Å²) in [5, 5.41) is 0. The van der Waals surface area contributed by atoms with Crippen LogP contribution in [0.2, 0.25) is 0 Å². The fourth-order valence-electron chi connectivity index (χ4n) is 2.94. The van der Waals surface area contributed by atoms with Crippen LogP contribution in [0.1, 0.15) is 22.3 Å². The summed E-state index contributed by atoms with van der Waals surface area (Å²) in [6.07, 6.45) is 0. The van der Waals surface area contributed by atoms with Gasteiger partial charge in [0.2, 0.25) is 0 Å². The Hall–Kier alpha value is -2.54. The quantitative estimate of drug-likeness (QED) is 0.541. The lowest BCUT2D eigenvalue weighted by Crippen LogP contribution is -2.11. The van der Waals surface area contributed by atoms with Crippen LogP contribution in [0.5, 0.6) is 0 Å². The third-order valence-electron chi connectivity index (χ3n) is 4.15. The Kier molecular flexibility index (Phi) is 4.20. The third kappa shape index (κ3) is 3.29. The second kappa shape index (κ2) is 6.29. The van der Waals surface area contributed by atoms with E-state index in [0.717, 1.165) is 0 Å². The van der Waals surface area contributed by atoms with Crippen molar-refractivity contribution in [3.63, 3.8) is 0 Å². The molecule has 3 rings (SSSR count). The van der Waals surface area contributed by atoms with E-state index in [2.05, 4.69) is 99.3 Å². The van der Waals surface area contributed by atoms with Gasteiger partial charge in [0.25, 0.3) is 0 Å². The lowest BCUT2D eigenvalue weighted by molar-refractivity contribution is 1.23. The molecule has 0 N–H and O–H groups in total. The first kappa shape index (κ1) is 15.4. The van der Waals surface area contributed by atoms with Gasteiger partial charge < -0.3 is 4.90 Å². The van der Waals surface area contributed by atoms with E-state index in [1.54, 1.807) is 0 Å².